The Hall–Kier alpha value is -2.50. The van der Waals surface area contributed by atoms with Crippen LogP contribution in [-0.4, -0.2) is 67.7 Å². The minimum absolute atomic E-state index is 0.208. The SMILES string of the molecule is CNC(=O)N[C@H]1[C@@H](O)[C@H](n2cnc3c(N)ncnc32)O[C@@H]1CO. The zero-order chi connectivity index (χ0) is 16.6. The number of nitrogens with one attached hydrogen (secondary N) is 2. The quantitative estimate of drug-likeness (QED) is 0.431. The van der Waals surface area contributed by atoms with Gasteiger partial charge in [0.05, 0.1) is 19.0 Å². The molecular weight excluding hydrogens is 306 g/mol. The first kappa shape index (κ1) is 15.4. The summed E-state index contributed by atoms with van der Waals surface area (Å²) in [7, 11) is 1.45. The van der Waals surface area contributed by atoms with Gasteiger partial charge in [0.2, 0.25) is 0 Å². The number of carbonyl (C=O) groups is 1. The average Bonchev–Trinajstić information content (AvgIpc) is 3.10. The number of nitrogens with zero attached hydrogens (tertiary/aromatic N) is 4. The van der Waals surface area contributed by atoms with Crippen LogP contribution in [-0.2, 0) is 4.74 Å². The van der Waals surface area contributed by atoms with Crippen molar-refractivity contribution in [2.75, 3.05) is 19.4 Å². The van der Waals surface area contributed by atoms with Crippen LogP contribution in [0.25, 0.3) is 11.2 Å². The molecule has 1 saturated heterocycles. The van der Waals surface area contributed by atoms with Gasteiger partial charge in [-0.15, -0.1) is 0 Å². The van der Waals surface area contributed by atoms with E-state index in [4.69, 9.17) is 10.5 Å². The first-order valence-electron chi connectivity index (χ1n) is 6.92. The normalized spacial score (nSPS) is 27.3. The van der Waals surface area contributed by atoms with Gasteiger partial charge in [-0.1, -0.05) is 0 Å². The molecule has 0 saturated carbocycles. The number of aliphatic hydroxyl groups excluding tert-OH is 2. The molecule has 3 heterocycles. The third-order valence-corrected chi connectivity index (χ3v) is 3.74. The molecule has 6 N–H and O–H groups in total. The van der Waals surface area contributed by atoms with Crippen molar-refractivity contribution in [3.8, 4) is 0 Å². The molecule has 1 aliphatic heterocycles. The molecule has 2 aromatic heterocycles. The molecule has 23 heavy (non-hydrogen) atoms. The third kappa shape index (κ3) is 2.54. The van der Waals surface area contributed by atoms with Gasteiger partial charge in [0, 0.05) is 7.05 Å². The fourth-order valence-corrected chi connectivity index (χ4v) is 2.59. The standard InChI is InChI=1S/C12H17N7O4/c1-14-12(22)18-6-5(2-20)23-11(8(6)21)19-4-17-7-9(13)15-3-16-10(7)19/h3-6,8,11,20-21H,2H2,1H3,(H2,13,15,16)(H2,14,18,22)/t5-,6-,8-,11-/m1/s1. The monoisotopic (exact) mass is 323 g/mol. The maximum absolute atomic E-state index is 11.5. The summed E-state index contributed by atoms with van der Waals surface area (Å²) in [6.07, 6.45) is -0.0723. The molecule has 124 valence electrons. The highest BCUT2D eigenvalue weighted by molar-refractivity contribution is 5.81. The van der Waals surface area contributed by atoms with Crippen molar-refractivity contribution in [2.45, 2.75) is 24.5 Å². The van der Waals surface area contributed by atoms with E-state index >= 15 is 0 Å². The van der Waals surface area contributed by atoms with Crippen LogP contribution in [0, 0.1) is 0 Å². The molecule has 0 unspecified atom stereocenters. The van der Waals surface area contributed by atoms with E-state index in [1.807, 2.05) is 0 Å². The molecule has 11 nitrogen and oxygen atoms in total. The topological polar surface area (TPSA) is 160 Å². The number of aromatic nitrogens is 4. The lowest BCUT2D eigenvalue weighted by molar-refractivity contribution is -0.0489. The smallest absolute Gasteiger partial charge is 0.314 e. The molecule has 0 radical (unpaired) electrons. The van der Waals surface area contributed by atoms with Crippen LogP contribution in [0.15, 0.2) is 12.7 Å². The molecule has 2 aromatic rings. The van der Waals surface area contributed by atoms with Gasteiger partial charge < -0.3 is 31.3 Å². The number of hydrogen-bond donors (Lipinski definition) is 5. The lowest BCUT2D eigenvalue weighted by Gasteiger charge is -2.20. The fraction of sp³-hybridized carbons (Fsp3) is 0.500. The number of imidazole rings is 1. The second-order valence-corrected chi connectivity index (χ2v) is 5.07. The van der Waals surface area contributed by atoms with Crippen LogP contribution < -0.4 is 16.4 Å². The van der Waals surface area contributed by atoms with Gasteiger partial charge in [0.25, 0.3) is 0 Å². The summed E-state index contributed by atoms with van der Waals surface area (Å²) in [6.45, 7) is -0.369. The molecule has 0 spiro atoms. The van der Waals surface area contributed by atoms with Crippen molar-refractivity contribution in [1.82, 2.24) is 30.2 Å². The Kier molecular flexibility index (Phi) is 3.98. The van der Waals surface area contributed by atoms with Gasteiger partial charge in [-0.25, -0.2) is 19.7 Å². The second kappa shape index (κ2) is 5.95. The molecule has 2 amide bonds. The Bertz CT molecular complexity index is 720. The Morgan fingerprint density at radius 1 is 1.48 bits per heavy atom. The number of fused-ring (bicyclic) bond motifs is 1. The van der Waals surface area contributed by atoms with Gasteiger partial charge in [-0.05, 0) is 0 Å². The number of carbonyl (C=O) groups excluding carboxylic acids is 1. The number of rotatable bonds is 3. The molecule has 0 aromatic carbocycles. The number of nitrogens with two attached hydrogens (primary N) is 1. The van der Waals surface area contributed by atoms with E-state index in [1.54, 1.807) is 0 Å². The van der Waals surface area contributed by atoms with Crippen LogP contribution in [0.3, 0.4) is 0 Å². The van der Waals surface area contributed by atoms with Gasteiger partial charge >= 0.3 is 6.03 Å². The Morgan fingerprint density at radius 3 is 2.96 bits per heavy atom. The predicted molar refractivity (Wildman–Crippen MR) is 78.1 cm³/mol. The highest BCUT2D eigenvalue weighted by atomic mass is 16.5. The van der Waals surface area contributed by atoms with Crippen LogP contribution in [0.5, 0.6) is 0 Å². The molecular formula is C12H17N7O4. The minimum Gasteiger partial charge on any atom is -0.394 e. The third-order valence-electron chi connectivity index (χ3n) is 3.74. The van der Waals surface area contributed by atoms with Crippen molar-refractivity contribution in [1.29, 1.82) is 0 Å². The molecule has 1 aliphatic rings. The number of nitrogen functional groups attached to an aromatic ring is 1. The first-order valence-corrected chi connectivity index (χ1v) is 6.92. The van der Waals surface area contributed by atoms with Crippen LogP contribution in [0.4, 0.5) is 10.6 Å². The van der Waals surface area contributed by atoms with E-state index in [0.717, 1.165) is 0 Å². The number of ether oxygens (including phenoxy) is 1. The summed E-state index contributed by atoms with van der Waals surface area (Å²) in [4.78, 5) is 23.5. The largest absolute Gasteiger partial charge is 0.394 e. The van der Waals surface area contributed by atoms with Crippen molar-refractivity contribution < 1.29 is 19.7 Å². The molecule has 3 rings (SSSR count). The number of anilines is 1. The summed E-state index contributed by atoms with van der Waals surface area (Å²) in [5.74, 6) is 0.208. The summed E-state index contributed by atoms with van der Waals surface area (Å²) in [5.41, 5.74) is 6.50. The highest BCUT2D eigenvalue weighted by Gasteiger charge is 2.45. The summed E-state index contributed by atoms with van der Waals surface area (Å²) < 4.78 is 7.14. The Balaban J connectivity index is 1.93. The van der Waals surface area contributed by atoms with Gasteiger partial charge in [-0.3, -0.25) is 4.57 Å². The van der Waals surface area contributed by atoms with Crippen molar-refractivity contribution in [3.05, 3.63) is 12.7 Å². The van der Waals surface area contributed by atoms with E-state index in [9.17, 15) is 15.0 Å². The van der Waals surface area contributed by atoms with Gasteiger partial charge in [0.1, 0.15) is 24.1 Å². The fourth-order valence-electron chi connectivity index (χ4n) is 2.59. The molecule has 0 aliphatic carbocycles. The van der Waals surface area contributed by atoms with Crippen molar-refractivity contribution in [2.24, 2.45) is 0 Å². The Morgan fingerprint density at radius 2 is 2.26 bits per heavy atom. The molecule has 4 atom stereocenters. The lowest BCUT2D eigenvalue weighted by Crippen LogP contribution is -2.50. The van der Waals surface area contributed by atoms with E-state index in [-0.39, 0.29) is 12.4 Å². The first-order chi connectivity index (χ1) is 11.1. The zero-order valence-corrected chi connectivity index (χ0v) is 12.2. The van der Waals surface area contributed by atoms with Crippen molar-refractivity contribution >= 4 is 23.0 Å². The number of amides is 2. The Labute approximate surface area is 130 Å². The maximum atomic E-state index is 11.5. The van der Waals surface area contributed by atoms with Crippen LogP contribution >= 0.6 is 0 Å². The predicted octanol–water partition coefficient (Wildman–Crippen LogP) is -2.04. The van der Waals surface area contributed by atoms with Gasteiger partial charge in [0.15, 0.2) is 17.7 Å². The second-order valence-electron chi connectivity index (χ2n) is 5.07. The maximum Gasteiger partial charge on any atom is 0.314 e. The van der Waals surface area contributed by atoms with Crippen LogP contribution in [0.2, 0.25) is 0 Å². The number of hydrogen-bond acceptors (Lipinski definition) is 8. The van der Waals surface area contributed by atoms with Crippen molar-refractivity contribution in [3.63, 3.8) is 0 Å². The summed E-state index contributed by atoms with van der Waals surface area (Å²) >= 11 is 0. The van der Waals surface area contributed by atoms with Gasteiger partial charge in [-0.2, -0.15) is 0 Å². The summed E-state index contributed by atoms with van der Waals surface area (Å²) in [6, 6.07) is -1.28. The average molecular weight is 323 g/mol. The van der Waals surface area contributed by atoms with E-state index in [0.29, 0.717) is 11.2 Å². The van der Waals surface area contributed by atoms with E-state index in [2.05, 4.69) is 25.6 Å². The minimum atomic E-state index is -1.11. The van der Waals surface area contributed by atoms with E-state index < -0.39 is 30.5 Å². The molecule has 11 heteroatoms. The zero-order valence-electron chi connectivity index (χ0n) is 12.2. The van der Waals surface area contributed by atoms with Crippen LogP contribution in [0.1, 0.15) is 6.23 Å². The highest BCUT2D eigenvalue weighted by Crippen LogP contribution is 2.31. The molecule has 0 bridgehead atoms. The molecule has 1 fully saturated rings. The van der Waals surface area contributed by atoms with E-state index in [1.165, 1.54) is 24.3 Å². The lowest BCUT2D eigenvalue weighted by atomic mass is 10.1. The number of urea groups is 1. The number of aliphatic hydroxyl groups is 2. The summed E-state index contributed by atoms with van der Waals surface area (Å²) in [5, 5.41) is 24.9.